The van der Waals surface area contributed by atoms with Crippen molar-refractivity contribution in [3.63, 3.8) is 0 Å². The van der Waals surface area contributed by atoms with Gasteiger partial charge in [0.25, 0.3) is 0 Å². The summed E-state index contributed by atoms with van der Waals surface area (Å²) in [5.41, 5.74) is 0.682. The molecule has 0 aromatic carbocycles. The second kappa shape index (κ2) is 9.62. The SMILES string of the molecule is O=C(Cc1ccccn1)N[C@@H]1C=C[C@H](CC(=O)N2CCCCC2)O[C@H]1CO. The van der Waals surface area contributed by atoms with Crippen LogP contribution in [0.5, 0.6) is 0 Å². The molecule has 2 amide bonds. The van der Waals surface area contributed by atoms with Crippen LogP contribution < -0.4 is 5.32 Å². The number of hydrogen-bond acceptors (Lipinski definition) is 5. The van der Waals surface area contributed by atoms with Gasteiger partial charge in [-0.05, 0) is 31.4 Å². The van der Waals surface area contributed by atoms with Crippen molar-refractivity contribution in [1.82, 2.24) is 15.2 Å². The predicted octanol–water partition coefficient (Wildman–Crippen LogP) is 0.827. The second-order valence-corrected chi connectivity index (χ2v) is 7.02. The van der Waals surface area contributed by atoms with E-state index in [9.17, 15) is 14.7 Å². The van der Waals surface area contributed by atoms with E-state index in [0.29, 0.717) is 5.69 Å². The average molecular weight is 373 g/mol. The minimum atomic E-state index is -0.568. The lowest BCUT2D eigenvalue weighted by molar-refractivity contribution is -0.137. The molecule has 0 spiro atoms. The molecule has 2 aliphatic heterocycles. The third-order valence-corrected chi connectivity index (χ3v) is 4.94. The van der Waals surface area contributed by atoms with Gasteiger partial charge in [-0.3, -0.25) is 14.6 Å². The first kappa shape index (κ1) is 19.5. The number of nitrogens with zero attached hydrogens (tertiary/aromatic N) is 2. The molecule has 2 N–H and O–H groups in total. The Hall–Kier alpha value is -2.25. The third-order valence-electron chi connectivity index (χ3n) is 4.94. The molecule has 2 aliphatic rings. The Morgan fingerprint density at radius 1 is 1.22 bits per heavy atom. The van der Waals surface area contributed by atoms with E-state index in [-0.39, 0.29) is 37.4 Å². The quantitative estimate of drug-likeness (QED) is 0.721. The highest BCUT2D eigenvalue weighted by Crippen LogP contribution is 2.18. The lowest BCUT2D eigenvalue weighted by Crippen LogP contribution is -2.49. The Kier molecular flexibility index (Phi) is 6.95. The van der Waals surface area contributed by atoms with Crippen molar-refractivity contribution in [2.75, 3.05) is 19.7 Å². The number of aliphatic hydroxyl groups is 1. The number of piperidine rings is 1. The Morgan fingerprint density at radius 3 is 2.74 bits per heavy atom. The number of rotatable bonds is 6. The van der Waals surface area contributed by atoms with E-state index in [1.54, 1.807) is 24.4 Å². The van der Waals surface area contributed by atoms with E-state index in [1.165, 1.54) is 6.42 Å². The van der Waals surface area contributed by atoms with Gasteiger partial charge in [-0.1, -0.05) is 18.2 Å². The molecular formula is C20H27N3O4. The number of nitrogens with one attached hydrogen (secondary N) is 1. The molecule has 0 bridgehead atoms. The van der Waals surface area contributed by atoms with Gasteiger partial charge >= 0.3 is 0 Å². The van der Waals surface area contributed by atoms with Crippen molar-refractivity contribution in [1.29, 1.82) is 0 Å². The molecule has 3 rings (SSSR count). The molecule has 146 valence electrons. The highest BCUT2D eigenvalue weighted by atomic mass is 16.5. The fourth-order valence-corrected chi connectivity index (χ4v) is 3.48. The molecular weight excluding hydrogens is 346 g/mol. The van der Waals surface area contributed by atoms with E-state index in [0.717, 1.165) is 25.9 Å². The lowest BCUT2D eigenvalue weighted by atomic mass is 10.0. The molecule has 1 fully saturated rings. The Bertz CT molecular complexity index is 658. The van der Waals surface area contributed by atoms with Crippen molar-refractivity contribution in [2.24, 2.45) is 0 Å². The van der Waals surface area contributed by atoms with Crippen LogP contribution in [0.15, 0.2) is 36.5 Å². The van der Waals surface area contributed by atoms with Gasteiger partial charge in [0.15, 0.2) is 0 Å². The van der Waals surface area contributed by atoms with Gasteiger partial charge in [-0.15, -0.1) is 0 Å². The molecule has 7 heteroatoms. The van der Waals surface area contributed by atoms with Gasteiger partial charge in [0.1, 0.15) is 6.10 Å². The fraction of sp³-hybridized carbons (Fsp3) is 0.550. The van der Waals surface area contributed by atoms with Crippen molar-refractivity contribution in [3.8, 4) is 0 Å². The number of likely N-dealkylation sites (tertiary alicyclic amines) is 1. The third kappa shape index (κ3) is 5.61. The summed E-state index contributed by atoms with van der Waals surface area (Å²) in [4.78, 5) is 30.6. The number of aromatic nitrogens is 1. The van der Waals surface area contributed by atoms with Crippen LogP contribution in [0.1, 0.15) is 31.4 Å². The van der Waals surface area contributed by atoms with E-state index < -0.39 is 12.1 Å². The minimum absolute atomic E-state index is 0.0821. The summed E-state index contributed by atoms with van der Waals surface area (Å²) in [6.45, 7) is 1.39. The lowest BCUT2D eigenvalue weighted by Gasteiger charge is -2.33. The smallest absolute Gasteiger partial charge is 0.226 e. The van der Waals surface area contributed by atoms with Gasteiger partial charge in [0.2, 0.25) is 11.8 Å². The normalized spacial score (nSPS) is 25.2. The zero-order valence-corrected chi connectivity index (χ0v) is 15.4. The molecule has 1 aromatic rings. The molecule has 3 atom stereocenters. The molecule has 7 nitrogen and oxygen atoms in total. The summed E-state index contributed by atoms with van der Waals surface area (Å²) < 4.78 is 5.85. The number of pyridine rings is 1. The molecule has 27 heavy (non-hydrogen) atoms. The summed E-state index contributed by atoms with van der Waals surface area (Å²) in [7, 11) is 0. The van der Waals surface area contributed by atoms with E-state index >= 15 is 0 Å². The van der Waals surface area contributed by atoms with E-state index in [2.05, 4.69) is 10.3 Å². The first-order valence-corrected chi connectivity index (χ1v) is 9.57. The Balaban J connectivity index is 1.52. The molecule has 0 unspecified atom stereocenters. The minimum Gasteiger partial charge on any atom is -0.394 e. The van der Waals surface area contributed by atoms with Crippen LogP contribution in [0.4, 0.5) is 0 Å². The van der Waals surface area contributed by atoms with Crippen LogP contribution in [-0.2, 0) is 20.7 Å². The number of ether oxygens (including phenoxy) is 1. The number of carbonyl (C=O) groups excluding carboxylic acids is 2. The van der Waals surface area contributed by atoms with Gasteiger partial charge in [-0.2, -0.15) is 0 Å². The molecule has 0 saturated carbocycles. The molecule has 1 saturated heterocycles. The summed E-state index contributed by atoms with van der Waals surface area (Å²) in [5.74, 6) is -0.105. The predicted molar refractivity (Wildman–Crippen MR) is 99.8 cm³/mol. The van der Waals surface area contributed by atoms with Crippen molar-refractivity contribution in [2.45, 2.75) is 50.4 Å². The van der Waals surface area contributed by atoms with Crippen molar-refractivity contribution >= 4 is 11.8 Å². The number of aliphatic hydroxyl groups excluding tert-OH is 1. The second-order valence-electron chi connectivity index (χ2n) is 7.02. The maximum atomic E-state index is 12.4. The summed E-state index contributed by atoms with van der Waals surface area (Å²) in [6.07, 6.45) is 8.04. The fourth-order valence-electron chi connectivity index (χ4n) is 3.48. The zero-order chi connectivity index (χ0) is 19.1. The Morgan fingerprint density at radius 2 is 2.04 bits per heavy atom. The van der Waals surface area contributed by atoms with Gasteiger partial charge in [0, 0.05) is 25.0 Å². The largest absolute Gasteiger partial charge is 0.394 e. The first-order chi connectivity index (χ1) is 13.2. The summed E-state index contributed by atoms with van der Waals surface area (Å²) in [5, 5.41) is 12.5. The van der Waals surface area contributed by atoms with Crippen molar-refractivity contribution < 1.29 is 19.4 Å². The van der Waals surface area contributed by atoms with Crippen LogP contribution in [0.25, 0.3) is 0 Å². The molecule has 3 heterocycles. The topological polar surface area (TPSA) is 91.8 Å². The first-order valence-electron chi connectivity index (χ1n) is 9.57. The van der Waals surface area contributed by atoms with Crippen LogP contribution in [0, 0.1) is 0 Å². The monoisotopic (exact) mass is 373 g/mol. The standard InChI is InChI=1S/C20H27N3O4/c24-14-18-17(22-19(25)12-15-6-2-3-9-21-15)8-7-16(27-18)13-20(26)23-10-4-1-5-11-23/h2-3,6-9,16-18,24H,1,4-5,10-14H2,(H,22,25)/t16-,17-,18+/m1/s1. The highest BCUT2D eigenvalue weighted by Gasteiger charge is 2.30. The maximum absolute atomic E-state index is 12.4. The number of hydrogen-bond donors (Lipinski definition) is 2. The zero-order valence-electron chi connectivity index (χ0n) is 15.4. The highest BCUT2D eigenvalue weighted by molar-refractivity contribution is 5.79. The maximum Gasteiger partial charge on any atom is 0.226 e. The van der Waals surface area contributed by atoms with Crippen LogP contribution >= 0.6 is 0 Å². The van der Waals surface area contributed by atoms with E-state index in [1.807, 2.05) is 17.0 Å². The Labute approximate surface area is 159 Å². The van der Waals surface area contributed by atoms with Crippen molar-refractivity contribution in [3.05, 3.63) is 42.2 Å². The number of amides is 2. The molecule has 0 aliphatic carbocycles. The van der Waals surface area contributed by atoms with Crippen LogP contribution in [0.2, 0.25) is 0 Å². The average Bonchev–Trinajstić information content (AvgIpc) is 2.70. The number of carbonyl (C=O) groups is 2. The molecule has 0 radical (unpaired) electrons. The summed E-state index contributed by atoms with van der Waals surface area (Å²) >= 11 is 0. The van der Waals surface area contributed by atoms with Crippen LogP contribution in [0.3, 0.4) is 0 Å². The van der Waals surface area contributed by atoms with Gasteiger partial charge in [-0.25, -0.2) is 0 Å². The molecule has 1 aromatic heterocycles. The van der Waals surface area contributed by atoms with Crippen LogP contribution in [-0.4, -0.2) is 64.8 Å². The van der Waals surface area contributed by atoms with E-state index in [4.69, 9.17) is 4.74 Å². The van der Waals surface area contributed by atoms with Gasteiger partial charge < -0.3 is 20.1 Å². The summed E-state index contributed by atoms with van der Waals surface area (Å²) in [6, 6.07) is 5.00. The van der Waals surface area contributed by atoms with Gasteiger partial charge in [0.05, 0.1) is 31.6 Å².